The van der Waals surface area contributed by atoms with E-state index in [-0.39, 0.29) is 16.7 Å². The quantitative estimate of drug-likeness (QED) is 0.740. The number of nitrogens with two attached hydrogens (primary N) is 1. The van der Waals surface area contributed by atoms with Crippen molar-refractivity contribution in [2.24, 2.45) is 5.41 Å². The van der Waals surface area contributed by atoms with E-state index in [0.29, 0.717) is 6.04 Å². The van der Waals surface area contributed by atoms with Crippen molar-refractivity contribution in [2.75, 3.05) is 11.1 Å². The summed E-state index contributed by atoms with van der Waals surface area (Å²) in [5, 5.41) is 12.6. The molecule has 2 rings (SSSR count). The zero-order chi connectivity index (χ0) is 14.2. The Labute approximate surface area is 121 Å². The van der Waals surface area contributed by atoms with Crippen molar-refractivity contribution >= 4 is 33.3 Å². The summed E-state index contributed by atoms with van der Waals surface area (Å²) in [6.07, 6.45) is 3.48. The van der Waals surface area contributed by atoms with E-state index >= 15 is 0 Å². The number of carboxylic acids is 1. The molecule has 4 N–H and O–H groups in total. The molecule has 0 bridgehead atoms. The Morgan fingerprint density at radius 2 is 2.21 bits per heavy atom. The molecule has 0 saturated heterocycles. The second kappa shape index (κ2) is 5.04. The second-order valence-corrected chi connectivity index (χ2v) is 6.66. The number of rotatable bonds is 3. The van der Waals surface area contributed by atoms with Crippen molar-refractivity contribution in [2.45, 2.75) is 39.2 Å². The number of nitrogen functional groups attached to an aromatic ring is 1. The Morgan fingerprint density at radius 1 is 1.53 bits per heavy atom. The fraction of sp³-hybridized carbons (Fsp3) is 0.500. The van der Waals surface area contributed by atoms with Crippen molar-refractivity contribution in [3.63, 3.8) is 0 Å². The molecule has 1 fully saturated rings. The standard InChI is InChI=1S/C14H19BrN2O2/c1-14(2)5-3-4-12(14)17-11-6-8(13(18)19)10(16)7-9(11)15/h6-7,12,17H,3-5,16H2,1-2H3,(H,18,19). The highest BCUT2D eigenvalue weighted by atomic mass is 79.9. The maximum absolute atomic E-state index is 11.1. The number of carboxylic acid groups (broad SMARTS) is 1. The van der Waals surface area contributed by atoms with Crippen LogP contribution >= 0.6 is 15.9 Å². The number of nitrogens with one attached hydrogen (secondary N) is 1. The normalized spacial score (nSPS) is 21.3. The molecule has 1 aromatic rings. The van der Waals surface area contributed by atoms with Gasteiger partial charge in [-0.2, -0.15) is 0 Å². The number of hydrogen-bond acceptors (Lipinski definition) is 3. The van der Waals surface area contributed by atoms with E-state index in [1.165, 1.54) is 12.8 Å². The van der Waals surface area contributed by atoms with E-state index < -0.39 is 5.97 Å². The minimum Gasteiger partial charge on any atom is -0.478 e. The smallest absolute Gasteiger partial charge is 0.337 e. The van der Waals surface area contributed by atoms with Crippen LogP contribution in [0.2, 0.25) is 0 Å². The third kappa shape index (κ3) is 2.86. The van der Waals surface area contributed by atoms with Crippen LogP contribution in [0, 0.1) is 5.41 Å². The number of aromatic carboxylic acids is 1. The van der Waals surface area contributed by atoms with Crippen LogP contribution < -0.4 is 11.1 Å². The first-order chi connectivity index (χ1) is 8.81. The molecule has 0 amide bonds. The average Bonchev–Trinajstić information content (AvgIpc) is 2.61. The van der Waals surface area contributed by atoms with Crippen molar-refractivity contribution in [1.82, 2.24) is 0 Å². The summed E-state index contributed by atoms with van der Waals surface area (Å²) in [5.74, 6) is -1.00. The minimum absolute atomic E-state index is 0.140. The molecule has 1 unspecified atom stereocenters. The lowest BCUT2D eigenvalue weighted by molar-refractivity contribution is 0.0698. The molecular weight excluding hydrogens is 308 g/mol. The van der Waals surface area contributed by atoms with Gasteiger partial charge in [-0.15, -0.1) is 0 Å². The average molecular weight is 327 g/mol. The summed E-state index contributed by atoms with van der Waals surface area (Å²) in [6, 6.07) is 3.61. The number of benzene rings is 1. The predicted octanol–water partition coefficient (Wildman–Crippen LogP) is 3.72. The van der Waals surface area contributed by atoms with Crippen molar-refractivity contribution in [3.05, 3.63) is 22.2 Å². The summed E-state index contributed by atoms with van der Waals surface area (Å²) >= 11 is 3.44. The molecule has 0 heterocycles. The van der Waals surface area contributed by atoms with Crippen LogP contribution in [-0.2, 0) is 0 Å². The van der Waals surface area contributed by atoms with Gasteiger partial charge in [0.1, 0.15) is 0 Å². The number of halogens is 1. The van der Waals surface area contributed by atoms with Crippen LogP contribution in [-0.4, -0.2) is 17.1 Å². The van der Waals surface area contributed by atoms with Crippen LogP contribution in [0.3, 0.4) is 0 Å². The minimum atomic E-state index is -1.00. The Kier molecular flexibility index (Phi) is 3.76. The van der Waals surface area contributed by atoms with E-state index in [1.807, 2.05) is 0 Å². The van der Waals surface area contributed by atoms with Gasteiger partial charge < -0.3 is 16.2 Å². The van der Waals surface area contributed by atoms with E-state index in [4.69, 9.17) is 10.8 Å². The van der Waals surface area contributed by atoms with Gasteiger partial charge in [0.25, 0.3) is 0 Å². The Hall–Kier alpha value is -1.23. The molecule has 19 heavy (non-hydrogen) atoms. The summed E-state index contributed by atoms with van der Waals surface area (Å²) in [4.78, 5) is 11.1. The van der Waals surface area contributed by atoms with Crippen LogP contribution in [0.1, 0.15) is 43.5 Å². The lowest BCUT2D eigenvalue weighted by Gasteiger charge is -2.29. The molecule has 1 saturated carbocycles. The molecule has 5 heteroatoms. The number of carbonyl (C=O) groups is 1. The first kappa shape index (κ1) is 14.2. The predicted molar refractivity (Wildman–Crippen MR) is 80.6 cm³/mol. The van der Waals surface area contributed by atoms with Crippen molar-refractivity contribution in [3.8, 4) is 0 Å². The maximum atomic E-state index is 11.1. The summed E-state index contributed by atoms with van der Waals surface area (Å²) in [6.45, 7) is 4.47. The molecule has 0 radical (unpaired) electrons. The van der Waals surface area contributed by atoms with Gasteiger partial charge in [-0.25, -0.2) is 4.79 Å². The molecule has 1 aliphatic rings. The summed E-state index contributed by atoms with van der Waals surface area (Å²) in [7, 11) is 0. The van der Waals surface area contributed by atoms with Gasteiger partial charge in [0, 0.05) is 21.9 Å². The van der Waals surface area contributed by atoms with Crippen molar-refractivity contribution < 1.29 is 9.90 Å². The van der Waals surface area contributed by atoms with Gasteiger partial charge in [-0.1, -0.05) is 20.3 Å². The molecule has 4 nitrogen and oxygen atoms in total. The molecule has 104 valence electrons. The van der Waals surface area contributed by atoms with Gasteiger partial charge in [-0.3, -0.25) is 0 Å². The van der Waals surface area contributed by atoms with Gasteiger partial charge in [-0.05, 0) is 46.3 Å². The number of hydrogen-bond donors (Lipinski definition) is 3. The summed E-state index contributed by atoms with van der Waals surface area (Å²) in [5.41, 5.74) is 7.15. The fourth-order valence-corrected chi connectivity index (χ4v) is 3.14. The Morgan fingerprint density at radius 3 is 2.74 bits per heavy atom. The largest absolute Gasteiger partial charge is 0.478 e. The number of anilines is 2. The van der Waals surface area contributed by atoms with E-state index in [0.717, 1.165) is 16.6 Å². The third-order valence-electron chi connectivity index (χ3n) is 3.96. The molecule has 0 spiro atoms. The van der Waals surface area contributed by atoms with Crippen LogP contribution in [0.4, 0.5) is 11.4 Å². The fourth-order valence-electron chi connectivity index (χ4n) is 2.67. The topological polar surface area (TPSA) is 75.3 Å². The van der Waals surface area contributed by atoms with E-state index in [1.54, 1.807) is 12.1 Å². The molecule has 0 aromatic heterocycles. The van der Waals surface area contributed by atoms with E-state index in [2.05, 4.69) is 35.1 Å². The van der Waals surface area contributed by atoms with Crippen LogP contribution in [0.25, 0.3) is 0 Å². The highest BCUT2D eigenvalue weighted by Crippen LogP contribution is 2.40. The molecule has 1 aliphatic carbocycles. The van der Waals surface area contributed by atoms with Gasteiger partial charge >= 0.3 is 5.97 Å². The second-order valence-electron chi connectivity index (χ2n) is 5.80. The Bertz CT molecular complexity index is 514. The van der Waals surface area contributed by atoms with Gasteiger partial charge in [0.15, 0.2) is 0 Å². The van der Waals surface area contributed by atoms with Gasteiger partial charge in [0.05, 0.1) is 5.56 Å². The summed E-state index contributed by atoms with van der Waals surface area (Å²) < 4.78 is 0.803. The Balaban J connectivity index is 2.30. The lowest BCUT2D eigenvalue weighted by Crippen LogP contribution is -2.31. The first-order valence-electron chi connectivity index (χ1n) is 6.40. The SMILES string of the molecule is CC1(C)CCCC1Nc1cc(C(=O)O)c(N)cc1Br. The molecule has 1 atom stereocenters. The molecule has 1 aromatic carbocycles. The molecule has 0 aliphatic heterocycles. The highest BCUT2D eigenvalue weighted by Gasteiger charge is 2.34. The van der Waals surface area contributed by atoms with E-state index in [9.17, 15) is 4.79 Å². The van der Waals surface area contributed by atoms with Crippen molar-refractivity contribution in [1.29, 1.82) is 0 Å². The molecular formula is C14H19BrN2O2. The van der Waals surface area contributed by atoms with Crippen LogP contribution in [0.15, 0.2) is 16.6 Å². The highest BCUT2D eigenvalue weighted by molar-refractivity contribution is 9.10. The first-order valence-corrected chi connectivity index (χ1v) is 7.19. The zero-order valence-corrected chi connectivity index (χ0v) is 12.8. The monoisotopic (exact) mass is 326 g/mol. The zero-order valence-electron chi connectivity index (χ0n) is 11.2. The maximum Gasteiger partial charge on any atom is 0.337 e. The van der Waals surface area contributed by atoms with Crippen LogP contribution in [0.5, 0.6) is 0 Å². The lowest BCUT2D eigenvalue weighted by atomic mass is 9.87. The van der Waals surface area contributed by atoms with Gasteiger partial charge in [0.2, 0.25) is 0 Å². The third-order valence-corrected chi connectivity index (χ3v) is 4.61.